The van der Waals surface area contributed by atoms with Gasteiger partial charge in [-0.1, -0.05) is 52.0 Å². The van der Waals surface area contributed by atoms with Crippen LogP contribution < -0.4 is 4.72 Å². The molecule has 39 heavy (non-hydrogen) atoms. The molecule has 4 aliphatic rings. The summed E-state index contributed by atoms with van der Waals surface area (Å²) in [6.45, 7) is 14.0. The van der Waals surface area contributed by atoms with Crippen LogP contribution in [0.2, 0.25) is 0 Å². The highest BCUT2D eigenvalue weighted by molar-refractivity contribution is 8.01. The summed E-state index contributed by atoms with van der Waals surface area (Å²) < 4.78 is 40.2. The molecular weight excluding hydrogens is 519 g/mol. The van der Waals surface area contributed by atoms with Gasteiger partial charge in [-0.2, -0.15) is 13.2 Å². The van der Waals surface area contributed by atoms with E-state index in [0.29, 0.717) is 23.4 Å². The van der Waals surface area contributed by atoms with Gasteiger partial charge in [-0.25, -0.2) is 0 Å². The van der Waals surface area contributed by atoms with Gasteiger partial charge in [0.1, 0.15) is 0 Å². The van der Waals surface area contributed by atoms with Crippen molar-refractivity contribution >= 4 is 29.4 Å². The first-order chi connectivity index (χ1) is 18.5. The van der Waals surface area contributed by atoms with Crippen LogP contribution in [0.5, 0.6) is 0 Å². The van der Waals surface area contributed by atoms with Crippen molar-refractivity contribution in [1.82, 2.24) is 4.98 Å². The van der Waals surface area contributed by atoms with Crippen LogP contribution >= 0.6 is 11.9 Å². The van der Waals surface area contributed by atoms with E-state index in [4.69, 9.17) is 0 Å². The number of aliphatic hydroxyl groups excluding tert-OH is 1. The third-order valence-electron chi connectivity index (χ3n) is 9.25. The van der Waals surface area contributed by atoms with Gasteiger partial charge in [-0.15, -0.1) is 0 Å². The van der Waals surface area contributed by atoms with E-state index in [-0.39, 0.29) is 28.9 Å². The van der Waals surface area contributed by atoms with Gasteiger partial charge in [0.25, 0.3) is 0 Å². The second-order valence-corrected chi connectivity index (χ2v) is 12.0. The first-order valence-corrected chi connectivity index (χ1v) is 15.0. The smallest absolute Gasteiger partial charge is 0.393 e. The van der Waals surface area contributed by atoms with E-state index in [1.54, 1.807) is 18.5 Å². The highest BCUT2D eigenvalue weighted by Crippen LogP contribution is 2.66. The zero-order chi connectivity index (χ0) is 28.8. The summed E-state index contributed by atoms with van der Waals surface area (Å²) in [6, 6.07) is 1.81. The summed E-state index contributed by atoms with van der Waals surface area (Å²) >= 11 is -0.249. The van der Waals surface area contributed by atoms with Crippen LogP contribution in [0, 0.1) is 28.6 Å². The van der Waals surface area contributed by atoms with Crippen LogP contribution in [-0.4, -0.2) is 27.9 Å². The van der Waals surface area contributed by atoms with Gasteiger partial charge in [0.2, 0.25) is 0 Å². The van der Waals surface area contributed by atoms with Crippen LogP contribution in [0.15, 0.2) is 54.0 Å². The average molecular weight is 564 g/mol. The minimum Gasteiger partial charge on any atom is -0.393 e. The Morgan fingerprint density at radius 2 is 1.82 bits per heavy atom. The fraction of sp³-hybridized carbons (Fsp3) is 0.613. The van der Waals surface area contributed by atoms with E-state index in [2.05, 4.69) is 47.3 Å². The zero-order valence-corrected chi connectivity index (χ0v) is 24.7. The molecule has 4 nitrogen and oxygen atoms in total. The van der Waals surface area contributed by atoms with Crippen molar-refractivity contribution in [2.75, 3.05) is 4.72 Å². The number of fused-ring (bicyclic) bond motifs is 5. The van der Waals surface area contributed by atoms with Gasteiger partial charge >= 0.3 is 5.51 Å². The number of nitrogens with one attached hydrogen (secondary N) is 1. The summed E-state index contributed by atoms with van der Waals surface area (Å²) in [7, 11) is 0. The number of hydrogen-bond donors (Lipinski definition) is 2. The van der Waals surface area contributed by atoms with Crippen molar-refractivity contribution in [3.05, 3.63) is 54.5 Å². The molecule has 1 aromatic heterocycles. The van der Waals surface area contributed by atoms with Gasteiger partial charge in [-0.05, 0) is 97.7 Å². The molecule has 8 heteroatoms. The SMILES string of the molecule is C=CN=CC.CC.CC12CCC(O)CC1=CCC1C2CCC2(C)C(c3cncc(NSC(F)(F)F)c3)=CC[C@@H]12. The molecule has 0 amide bonds. The van der Waals surface area contributed by atoms with Crippen LogP contribution in [0.3, 0.4) is 0 Å². The molecule has 0 spiro atoms. The lowest BCUT2D eigenvalue weighted by atomic mass is 9.47. The Labute approximate surface area is 236 Å². The Balaban J connectivity index is 0.000000542. The summed E-state index contributed by atoms with van der Waals surface area (Å²) in [5.41, 5.74) is -0.0896. The number of rotatable bonds is 4. The number of nitrogens with zero attached hydrogens (tertiary/aromatic N) is 2. The minimum atomic E-state index is -4.34. The summed E-state index contributed by atoms with van der Waals surface area (Å²) in [5, 5.41) is 10.2. The summed E-state index contributed by atoms with van der Waals surface area (Å²) in [4.78, 5) is 7.85. The molecule has 0 radical (unpaired) electrons. The number of aliphatic hydroxyl groups is 1. The third kappa shape index (κ3) is 6.82. The Kier molecular flexibility index (Phi) is 10.5. The van der Waals surface area contributed by atoms with Crippen LogP contribution in [0.25, 0.3) is 5.57 Å². The topological polar surface area (TPSA) is 57.5 Å². The largest absolute Gasteiger partial charge is 0.461 e. The normalized spacial score (nSPS) is 33.2. The Bertz CT molecular complexity index is 1090. The lowest BCUT2D eigenvalue weighted by Gasteiger charge is -2.57. The minimum absolute atomic E-state index is 0.0223. The predicted octanol–water partition coefficient (Wildman–Crippen LogP) is 9.23. The summed E-state index contributed by atoms with van der Waals surface area (Å²) in [5.74, 6) is 1.80. The van der Waals surface area contributed by atoms with E-state index >= 15 is 0 Å². The number of aliphatic imine (C=N–C) groups is 1. The third-order valence-corrected chi connectivity index (χ3v) is 9.82. The van der Waals surface area contributed by atoms with Crippen molar-refractivity contribution in [3.63, 3.8) is 0 Å². The van der Waals surface area contributed by atoms with E-state index in [0.717, 1.165) is 50.5 Å². The molecule has 6 atom stereocenters. The van der Waals surface area contributed by atoms with E-state index < -0.39 is 5.51 Å². The molecule has 4 aliphatic carbocycles. The first kappa shape index (κ1) is 31.5. The number of aromatic nitrogens is 1. The Morgan fingerprint density at radius 1 is 1.10 bits per heavy atom. The molecule has 1 aromatic rings. The van der Waals surface area contributed by atoms with Gasteiger partial charge in [0.05, 0.1) is 29.9 Å². The number of hydrogen-bond acceptors (Lipinski definition) is 5. The number of pyridine rings is 1. The van der Waals surface area contributed by atoms with Crippen LogP contribution in [-0.2, 0) is 0 Å². The lowest BCUT2D eigenvalue weighted by molar-refractivity contribution is -0.0323. The van der Waals surface area contributed by atoms with E-state index in [1.807, 2.05) is 20.8 Å². The standard InChI is InChI=1S/C25H31F3N2OS.C4H7N.C2H6/c1-23-9-7-18(31)12-16(23)3-4-19-21-6-5-20(24(21,2)10-8-22(19)23)15-11-17(14-29-13-15)30-32-25(26,27)28;1-3-5-4-2;1-2/h3,5,11,13-14,18-19,21-22,30-31H,4,6-10,12H2,1-2H3;3-4H,1H2,2H3;1-2H3/t18?,19?,21-,22?,23?,24?;;/m0../s1. The number of halogens is 3. The maximum atomic E-state index is 12.6. The Hall–Kier alpha value is -2.06. The van der Waals surface area contributed by atoms with Gasteiger partial charge in [0.15, 0.2) is 0 Å². The van der Waals surface area contributed by atoms with Gasteiger partial charge in [-0.3, -0.25) is 9.98 Å². The molecule has 0 aromatic carbocycles. The molecule has 0 aliphatic heterocycles. The van der Waals surface area contributed by atoms with Crippen molar-refractivity contribution in [2.24, 2.45) is 33.6 Å². The quantitative estimate of drug-likeness (QED) is 0.218. The molecule has 2 N–H and O–H groups in total. The molecule has 5 rings (SSSR count). The van der Waals surface area contributed by atoms with Gasteiger partial charge in [0, 0.05) is 18.6 Å². The summed E-state index contributed by atoms with van der Waals surface area (Å²) in [6.07, 6.45) is 18.1. The van der Waals surface area contributed by atoms with Crippen molar-refractivity contribution in [3.8, 4) is 0 Å². The zero-order valence-electron chi connectivity index (χ0n) is 23.9. The fourth-order valence-electron chi connectivity index (χ4n) is 7.52. The lowest BCUT2D eigenvalue weighted by Crippen LogP contribution is -2.49. The highest BCUT2D eigenvalue weighted by atomic mass is 32.2. The maximum absolute atomic E-state index is 12.6. The first-order valence-electron chi connectivity index (χ1n) is 14.1. The molecule has 216 valence electrons. The second kappa shape index (κ2) is 13.1. The second-order valence-electron chi connectivity index (χ2n) is 11.2. The molecular formula is C31H44F3N3OS. The molecule has 2 saturated carbocycles. The fourth-order valence-corrected chi connectivity index (χ4v) is 7.87. The van der Waals surface area contributed by atoms with Crippen LogP contribution in [0.1, 0.15) is 85.1 Å². The Morgan fingerprint density at radius 3 is 2.46 bits per heavy atom. The van der Waals surface area contributed by atoms with Crippen molar-refractivity contribution in [1.29, 1.82) is 0 Å². The number of anilines is 1. The van der Waals surface area contributed by atoms with Gasteiger partial charge < -0.3 is 9.83 Å². The highest BCUT2D eigenvalue weighted by Gasteiger charge is 2.56. The molecule has 0 bridgehead atoms. The van der Waals surface area contributed by atoms with Crippen molar-refractivity contribution in [2.45, 2.75) is 91.2 Å². The molecule has 2 fully saturated rings. The van der Waals surface area contributed by atoms with E-state index in [1.165, 1.54) is 23.5 Å². The van der Waals surface area contributed by atoms with Crippen molar-refractivity contribution < 1.29 is 18.3 Å². The average Bonchev–Trinajstić information content (AvgIpc) is 3.27. The maximum Gasteiger partial charge on any atom is 0.461 e. The molecule has 5 unspecified atom stereocenters. The number of alkyl halides is 3. The van der Waals surface area contributed by atoms with Crippen LogP contribution in [0.4, 0.5) is 18.9 Å². The van der Waals surface area contributed by atoms with E-state index in [9.17, 15) is 18.3 Å². The molecule has 1 heterocycles. The molecule has 0 saturated heterocycles. The monoisotopic (exact) mass is 563 g/mol. The predicted molar refractivity (Wildman–Crippen MR) is 158 cm³/mol. The number of allylic oxidation sites excluding steroid dienone is 3.